The summed E-state index contributed by atoms with van der Waals surface area (Å²) in [6.45, 7) is 4.22. The molecule has 0 aromatic rings. The lowest BCUT2D eigenvalue weighted by molar-refractivity contribution is -0.111. The minimum Gasteiger partial charge on any atom is -0.303 e. The van der Waals surface area contributed by atoms with E-state index in [1.807, 2.05) is 19.1 Å². The van der Waals surface area contributed by atoms with Gasteiger partial charge < -0.3 is 4.79 Å². The fourth-order valence-corrected chi connectivity index (χ4v) is 2.54. The highest BCUT2D eigenvalue weighted by atomic mass is 16.1. The van der Waals surface area contributed by atoms with E-state index in [9.17, 15) is 4.79 Å². The van der Waals surface area contributed by atoms with E-state index in [4.69, 9.17) is 0 Å². The summed E-state index contributed by atoms with van der Waals surface area (Å²) in [6, 6.07) is 0. The smallest absolute Gasteiger partial charge is 0.127 e. The molecule has 1 saturated carbocycles. The first-order valence-electron chi connectivity index (χ1n) is 5.87. The monoisotopic (exact) mass is 194 g/mol. The van der Waals surface area contributed by atoms with E-state index in [2.05, 4.69) is 6.92 Å². The van der Waals surface area contributed by atoms with Gasteiger partial charge in [-0.05, 0) is 18.8 Å². The lowest BCUT2D eigenvalue weighted by Gasteiger charge is -2.29. The molecule has 0 saturated heterocycles. The van der Waals surface area contributed by atoms with Crippen LogP contribution >= 0.6 is 0 Å². The summed E-state index contributed by atoms with van der Waals surface area (Å²) in [7, 11) is 0. The number of carbonyl (C=O) groups excluding carboxylic acids is 1. The van der Waals surface area contributed by atoms with Crippen molar-refractivity contribution in [1.82, 2.24) is 0 Å². The molecule has 14 heavy (non-hydrogen) atoms. The van der Waals surface area contributed by atoms with E-state index in [-0.39, 0.29) is 5.92 Å². The van der Waals surface area contributed by atoms with Crippen LogP contribution in [0.1, 0.15) is 46.0 Å². The van der Waals surface area contributed by atoms with Crippen molar-refractivity contribution in [1.29, 1.82) is 0 Å². The van der Waals surface area contributed by atoms with Gasteiger partial charge in [0.05, 0.1) is 0 Å². The highest BCUT2D eigenvalue weighted by Crippen LogP contribution is 2.33. The zero-order chi connectivity index (χ0) is 10.4. The van der Waals surface area contributed by atoms with Gasteiger partial charge in [-0.1, -0.05) is 51.2 Å². The molecule has 1 fully saturated rings. The average Bonchev–Trinajstić information content (AvgIpc) is 2.26. The zero-order valence-corrected chi connectivity index (χ0v) is 9.41. The summed E-state index contributed by atoms with van der Waals surface area (Å²) >= 11 is 0. The fraction of sp³-hybridized carbons (Fsp3) is 0.769. The molecule has 2 atom stereocenters. The third-order valence-corrected chi connectivity index (χ3v) is 3.57. The Balaban J connectivity index is 2.51. The Hall–Kier alpha value is -0.590. The first-order chi connectivity index (χ1) is 6.79. The van der Waals surface area contributed by atoms with E-state index in [0.717, 1.165) is 12.2 Å². The van der Waals surface area contributed by atoms with E-state index < -0.39 is 0 Å². The Morgan fingerprint density at radius 1 is 1.21 bits per heavy atom. The molecule has 1 aliphatic carbocycles. The molecule has 0 radical (unpaired) electrons. The van der Waals surface area contributed by atoms with Crippen LogP contribution in [-0.2, 0) is 4.79 Å². The van der Waals surface area contributed by atoms with Gasteiger partial charge in [-0.2, -0.15) is 0 Å². The van der Waals surface area contributed by atoms with Crippen LogP contribution in [0.25, 0.3) is 0 Å². The van der Waals surface area contributed by atoms with Gasteiger partial charge in [0, 0.05) is 5.92 Å². The van der Waals surface area contributed by atoms with Gasteiger partial charge in [-0.25, -0.2) is 0 Å². The minimum absolute atomic E-state index is 0.142. The summed E-state index contributed by atoms with van der Waals surface area (Å²) < 4.78 is 0. The molecule has 0 aliphatic heterocycles. The van der Waals surface area contributed by atoms with Crippen LogP contribution in [-0.4, -0.2) is 6.29 Å². The van der Waals surface area contributed by atoms with E-state index in [0.29, 0.717) is 5.92 Å². The predicted molar refractivity (Wildman–Crippen MR) is 60.1 cm³/mol. The van der Waals surface area contributed by atoms with Gasteiger partial charge in [0.15, 0.2) is 0 Å². The van der Waals surface area contributed by atoms with Crippen molar-refractivity contribution in [2.75, 3.05) is 0 Å². The van der Waals surface area contributed by atoms with Crippen molar-refractivity contribution in [3.8, 4) is 0 Å². The summed E-state index contributed by atoms with van der Waals surface area (Å²) in [4.78, 5) is 10.9. The minimum atomic E-state index is 0.142. The van der Waals surface area contributed by atoms with Crippen LogP contribution in [0.3, 0.4) is 0 Å². The average molecular weight is 194 g/mol. The second kappa shape index (κ2) is 6.00. The summed E-state index contributed by atoms with van der Waals surface area (Å²) in [5.41, 5.74) is 0. The molecule has 80 valence electrons. The van der Waals surface area contributed by atoms with Crippen molar-refractivity contribution < 1.29 is 4.79 Å². The Bertz CT molecular complexity index is 189. The second-order valence-corrected chi connectivity index (χ2v) is 4.50. The molecule has 0 heterocycles. The molecule has 0 amide bonds. The lowest BCUT2D eigenvalue weighted by Crippen LogP contribution is -2.22. The van der Waals surface area contributed by atoms with Crippen LogP contribution < -0.4 is 0 Å². The summed E-state index contributed by atoms with van der Waals surface area (Å²) in [6.07, 6.45) is 11.9. The maximum Gasteiger partial charge on any atom is 0.127 e. The van der Waals surface area contributed by atoms with E-state index in [1.54, 1.807) is 0 Å². The van der Waals surface area contributed by atoms with E-state index >= 15 is 0 Å². The SMILES string of the molecule is C/C=C/C(C=O)C(C)C1CCCCC1. The molecule has 1 aliphatic rings. The number of carbonyl (C=O) groups is 1. The molecule has 0 spiro atoms. The van der Waals surface area contributed by atoms with Gasteiger partial charge in [0.25, 0.3) is 0 Å². The van der Waals surface area contributed by atoms with E-state index in [1.165, 1.54) is 32.1 Å². The highest BCUT2D eigenvalue weighted by Gasteiger charge is 2.24. The van der Waals surface area contributed by atoms with Crippen molar-refractivity contribution in [2.24, 2.45) is 17.8 Å². The van der Waals surface area contributed by atoms with Gasteiger partial charge in [-0.3, -0.25) is 0 Å². The Morgan fingerprint density at radius 2 is 1.86 bits per heavy atom. The molecule has 1 rings (SSSR count). The Morgan fingerprint density at radius 3 is 2.36 bits per heavy atom. The largest absolute Gasteiger partial charge is 0.303 e. The van der Waals surface area contributed by atoms with Gasteiger partial charge in [0.2, 0.25) is 0 Å². The first kappa shape index (κ1) is 11.5. The second-order valence-electron chi connectivity index (χ2n) is 4.50. The Kier molecular flexibility index (Phi) is 4.92. The maximum absolute atomic E-state index is 10.9. The molecule has 0 aromatic carbocycles. The van der Waals surface area contributed by atoms with Gasteiger partial charge in [-0.15, -0.1) is 0 Å². The van der Waals surface area contributed by atoms with Crippen molar-refractivity contribution in [3.05, 3.63) is 12.2 Å². The number of rotatable bonds is 4. The highest BCUT2D eigenvalue weighted by molar-refractivity contribution is 5.57. The standard InChI is InChI=1S/C13H22O/c1-3-7-13(10-14)11(2)12-8-5-4-6-9-12/h3,7,10-13H,4-6,8-9H2,1-2H3/b7-3+. The normalized spacial score (nSPS) is 23.6. The molecule has 1 heteroatoms. The van der Waals surface area contributed by atoms with Crippen molar-refractivity contribution >= 4 is 6.29 Å². The van der Waals surface area contributed by atoms with Gasteiger partial charge >= 0.3 is 0 Å². The van der Waals surface area contributed by atoms with Crippen molar-refractivity contribution in [2.45, 2.75) is 46.0 Å². The summed E-state index contributed by atoms with van der Waals surface area (Å²) in [5, 5.41) is 0. The van der Waals surface area contributed by atoms with Crippen LogP contribution in [0.5, 0.6) is 0 Å². The molecule has 2 unspecified atom stereocenters. The molecule has 1 nitrogen and oxygen atoms in total. The molecular formula is C13H22O. The molecule has 0 aromatic heterocycles. The number of aldehydes is 1. The molecular weight excluding hydrogens is 172 g/mol. The molecule has 0 bridgehead atoms. The Labute approximate surface area is 87.6 Å². The van der Waals surface area contributed by atoms with Crippen LogP contribution in [0.2, 0.25) is 0 Å². The van der Waals surface area contributed by atoms with Crippen LogP contribution in [0, 0.1) is 17.8 Å². The van der Waals surface area contributed by atoms with Crippen molar-refractivity contribution in [3.63, 3.8) is 0 Å². The third-order valence-electron chi connectivity index (χ3n) is 3.57. The number of hydrogen-bond donors (Lipinski definition) is 0. The van der Waals surface area contributed by atoms with Gasteiger partial charge in [0.1, 0.15) is 6.29 Å². The maximum atomic E-state index is 10.9. The first-order valence-corrected chi connectivity index (χ1v) is 5.87. The molecule has 0 N–H and O–H groups in total. The number of allylic oxidation sites excluding steroid dienone is 2. The van der Waals surface area contributed by atoms with Crippen LogP contribution in [0.4, 0.5) is 0 Å². The zero-order valence-electron chi connectivity index (χ0n) is 9.41. The summed E-state index contributed by atoms with van der Waals surface area (Å²) in [5.74, 6) is 1.45. The quantitative estimate of drug-likeness (QED) is 0.493. The topological polar surface area (TPSA) is 17.1 Å². The number of hydrogen-bond acceptors (Lipinski definition) is 1. The third kappa shape index (κ3) is 2.97. The van der Waals surface area contributed by atoms with Crippen LogP contribution in [0.15, 0.2) is 12.2 Å². The lowest BCUT2D eigenvalue weighted by atomic mass is 9.75. The fourth-order valence-electron chi connectivity index (χ4n) is 2.54. The predicted octanol–water partition coefficient (Wildman–Crippen LogP) is 3.59.